The van der Waals surface area contributed by atoms with Crippen molar-refractivity contribution in [3.8, 4) is 0 Å². The highest BCUT2D eigenvalue weighted by Gasteiger charge is 2.19. The first-order valence-electron chi connectivity index (χ1n) is 8.13. The van der Waals surface area contributed by atoms with E-state index in [1.54, 1.807) is 19.1 Å². The van der Waals surface area contributed by atoms with Crippen LogP contribution in [0.4, 0.5) is 0 Å². The SMILES string of the molecule is Cc1sc2nc([C@@H](C)OC(=O)CCC(=O)c3cccs3)[nH]c(=O)c2c1C. The van der Waals surface area contributed by atoms with Crippen LogP contribution in [0.25, 0.3) is 10.2 Å². The number of ketones is 1. The summed E-state index contributed by atoms with van der Waals surface area (Å²) >= 11 is 2.79. The van der Waals surface area contributed by atoms with Gasteiger partial charge in [-0.05, 0) is 37.8 Å². The average molecular weight is 390 g/mol. The molecule has 0 saturated carbocycles. The topological polar surface area (TPSA) is 89.1 Å². The number of aromatic nitrogens is 2. The number of rotatable bonds is 6. The Labute approximate surface area is 157 Å². The van der Waals surface area contributed by atoms with Gasteiger partial charge in [0.1, 0.15) is 4.83 Å². The van der Waals surface area contributed by atoms with Gasteiger partial charge >= 0.3 is 5.97 Å². The number of ether oxygens (including phenoxy) is 1. The molecule has 0 aliphatic heterocycles. The highest BCUT2D eigenvalue weighted by atomic mass is 32.1. The summed E-state index contributed by atoms with van der Waals surface area (Å²) in [7, 11) is 0. The van der Waals surface area contributed by atoms with Crippen molar-refractivity contribution in [3.63, 3.8) is 0 Å². The van der Waals surface area contributed by atoms with E-state index in [4.69, 9.17) is 4.74 Å². The lowest BCUT2D eigenvalue weighted by molar-refractivity contribution is -0.148. The van der Waals surface area contributed by atoms with Gasteiger partial charge in [0.05, 0.1) is 16.7 Å². The van der Waals surface area contributed by atoms with E-state index in [1.807, 2.05) is 19.2 Å². The van der Waals surface area contributed by atoms with E-state index in [9.17, 15) is 14.4 Å². The van der Waals surface area contributed by atoms with Crippen LogP contribution in [0.3, 0.4) is 0 Å². The first-order valence-corrected chi connectivity index (χ1v) is 9.82. The number of carbonyl (C=O) groups is 2. The van der Waals surface area contributed by atoms with E-state index >= 15 is 0 Å². The molecule has 6 nitrogen and oxygen atoms in total. The summed E-state index contributed by atoms with van der Waals surface area (Å²) in [6.45, 7) is 5.48. The third-order valence-corrected chi connectivity index (χ3v) is 6.11. The number of carbonyl (C=O) groups excluding carboxylic acids is 2. The summed E-state index contributed by atoms with van der Waals surface area (Å²) in [5.41, 5.74) is 0.685. The minimum Gasteiger partial charge on any atom is -0.454 e. The van der Waals surface area contributed by atoms with Gasteiger partial charge in [0.2, 0.25) is 0 Å². The van der Waals surface area contributed by atoms with Crippen LogP contribution in [0.2, 0.25) is 0 Å². The molecule has 3 rings (SSSR count). The highest BCUT2D eigenvalue weighted by Crippen LogP contribution is 2.27. The molecule has 3 aromatic rings. The summed E-state index contributed by atoms with van der Waals surface area (Å²) in [5.74, 6) is -0.271. The summed E-state index contributed by atoms with van der Waals surface area (Å²) < 4.78 is 5.33. The van der Waals surface area contributed by atoms with E-state index in [2.05, 4.69) is 9.97 Å². The van der Waals surface area contributed by atoms with Gasteiger partial charge in [-0.3, -0.25) is 14.4 Å². The molecule has 26 heavy (non-hydrogen) atoms. The molecule has 0 unspecified atom stereocenters. The molecule has 0 amide bonds. The number of thiophene rings is 2. The van der Waals surface area contributed by atoms with Crippen molar-refractivity contribution in [2.24, 2.45) is 0 Å². The summed E-state index contributed by atoms with van der Waals surface area (Å²) in [5, 5.41) is 2.40. The van der Waals surface area contributed by atoms with E-state index in [0.717, 1.165) is 10.4 Å². The standard InChI is InChI=1S/C18H18N2O4S2/c1-9-11(3)26-18-15(9)17(23)19-16(20-18)10(2)24-14(22)7-6-12(21)13-5-4-8-25-13/h4-5,8,10H,6-7H2,1-3H3,(H,19,20,23)/t10-/m1/s1. The van der Waals surface area contributed by atoms with Gasteiger partial charge in [0, 0.05) is 11.3 Å². The van der Waals surface area contributed by atoms with Gasteiger partial charge in [-0.25, -0.2) is 4.98 Å². The maximum absolute atomic E-state index is 12.3. The maximum Gasteiger partial charge on any atom is 0.306 e. The lowest BCUT2D eigenvalue weighted by atomic mass is 10.2. The second-order valence-electron chi connectivity index (χ2n) is 5.95. The quantitative estimate of drug-likeness (QED) is 0.509. The Kier molecular flexibility index (Phi) is 5.33. The average Bonchev–Trinajstić information content (AvgIpc) is 3.22. The van der Waals surface area contributed by atoms with Crippen LogP contribution in [0.15, 0.2) is 22.3 Å². The molecule has 0 spiro atoms. The minimum atomic E-state index is -0.695. The molecule has 0 aromatic carbocycles. The van der Waals surface area contributed by atoms with Crippen LogP contribution in [-0.4, -0.2) is 21.7 Å². The van der Waals surface area contributed by atoms with Crippen LogP contribution in [-0.2, 0) is 9.53 Å². The van der Waals surface area contributed by atoms with Gasteiger partial charge in [-0.1, -0.05) is 6.07 Å². The van der Waals surface area contributed by atoms with E-state index in [0.29, 0.717) is 20.9 Å². The molecule has 3 aromatic heterocycles. The number of nitrogens with zero attached hydrogens (tertiary/aromatic N) is 1. The number of esters is 1. The molecule has 0 aliphatic rings. The van der Waals surface area contributed by atoms with Crippen molar-refractivity contribution < 1.29 is 14.3 Å². The van der Waals surface area contributed by atoms with Crippen molar-refractivity contribution in [1.82, 2.24) is 9.97 Å². The third kappa shape index (κ3) is 3.76. The number of nitrogens with one attached hydrogen (secondary N) is 1. The first-order chi connectivity index (χ1) is 12.4. The van der Waals surface area contributed by atoms with E-state index in [1.165, 1.54) is 22.7 Å². The predicted molar refractivity (Wildman–Crippen MR) is 102 cm³/mol. The van der Waals surface area contributed by atoms with Crippen molar-refractivity contribution in [2.75, 3.05) is 0 Å². The number of aryl methyl sites for hydroxylation is 2. The van der Waals surface area contributed by atoms with Crippen LogP contribution < -0.4 is 5.56 Å². The molecule has 0 radical (unpaired) electrons. The summed E-state index contributed by atoms with van der Waals surface area (Å²) in [6, 6.07) is 3.53. The Morgan fingerprint density at radius 1 is 1.31 bits per heavy atom. The van der Waals surface area contributed by atoms with Crippen LogP contribution in [0.5, 0.6) is 0 Å². The lowest BCUT2D eigenvalue weighted by Crippen LogP contribution is -2.17. The second kappa shape index (κ2) is 7.51. The molecule has 3 heterocycles. The van der Waals surface area contributed by atoms with Crippen molar-refractivity contribution in [3.05, 3.63) is 49.0 Å². The first kappa shape index (κ1) is 18.5. The monoisotopic (exact) mass is 390 g/mol. The number of hydrogen-bond acceptors (Lipinski definition) is 7. The fourth-order valence-corrected chi connectivity index (χ4v) is 4.28. The zero-order valence-electron chi connectivity index (χ0n) is 14.6. The largest absolute Gasteiger partial charge is 0.454 e. The van der Waals surface area contributed by atoms with Gasteiger partial charge in [0.25, 0.3) is 5.56 Å². The number of hydrogen-bond donors (Lipinski definition) is 1. The van der Waals surface area contributed by atoms with Crippen LogP contribution in [0.1, 0.15) is 51.8 Å². The second-order valence-corrected chi connectivity index (χ2v) is 8.10. The molecule has 8 heteroatoms. The summed E-state index contributed by atoms with van der Waals surface area (Å²) in [4.78, 5) is 45.7. The van der Waals surface area contributed by atoms with Crippen LogP contribution in [0, 0.1) is 13.8 Å². The molecule has 0 bridgehead atoms. The molecule has 0 aliphatic carbocycles. The van der Waals surface area contributed by atoms with E-state index < -0.39 is 12.1 Å². The van der Waals surface area contributed by atoms with Crippen molar-refractivity contribution in [1.29, 1.82) is 0 Å². The Hall–Kier alpha value is -2.32. The zero-order valence-corrected chi connectivity index (χ0v) is 16.3. The summed E-state index contributed by atoms with van der Waals surface area (Å²) in [6.07, 6.45) is -0.609. The number of Topliss-reactive ketones (excluding diaryl/α,β-unsaturated/α-hetero) is 1. The Bertz CT molecular complexity index is 1020. The van der Waals surface area contributed by atoms with Gasteiger partial charge in [-0.2, -0.15) is 0 Å². The molecule has 136 valence electrons. The molecular weight excluding hydrogens is 372 g/mol. The van der Waals surface area contributed by atoms with Crippen molar-refractivity contribution >= 4 is 44.6 Å². The Morgan fingerprint density at radius 2 is 2.08 bits per heavy atom. The number of H-pyrrole nitrogens is 1. The normalized spacial score (nSPS) is 12.3. The van der Waals surface area contributed by atoms with Gasteiger partial charge < -0.3 is 9.72 Å². The Morgan fingerprint density at radius 3 is 2.77 bits per heavy atom. The minimum absolute atomic E-state index is 0.00916. The molecule has 0 saturated heterocycles. The molecule has 0 fully saturated rings. The third-order valence-electron chi connectivity index (χ3n) is 4.10. The highest BCUT2D eigenvalue weighted by molar-refractivity contribution is 7.18. The van der Waals surface area contributed by atoms with E-state index in [-0.39, 0.29) is 24.2 Å². The fraction of sp³-hybridized carbons (Fsp3) is 0.333. The zero-order chi connectivity index (χ0) is 18.8. The number of fused-ring (bicyclic) bond motifs is 1. The number of aromatic amines is 1. The van der Waals surface area contributed by atoms with Crippen molar-refractivity contribution in [2.45, 2.75) is 39.7 Å². The lowest BCUT2D eigenvalue weighted by Gasteiger charge is -2.12. The van der Waals surface area contributed by atoms with Gasteiger partial charge in [-0.15, -0.1) is 22.7 Å². The van der Waals surface area contributed by atoms with Gasteiger partial charge in [0.15, 0.2) is 17.7 Å². The maximum atomic E-state index is 12.3. The Balaban J connectivity index is 1.67. The smallest absolute Gasteiger partial charge is 0.306 e. The fourth-order valence-electron chi connectivity index (χ4n) is 2.55. The molecule has 1 N–H and O–H groups in total. The molecular formula is C18H18N2O4S2. The molecule has 1 atom stereocenters. The van der Waals surface area contributed by atoms with Crippen LogP contribution >= 0.6 is 22.7 Å². The predicted octanol–water partition coefficient (Wildman–Crippen LogP) is 3.93.